The highest BCUT2D eigenvalue weighted by atomic mass is 35.5. The lowest BCUT2D eigenvalue weighted by Crippen LogP contribution is -2.31. The number of nitrogens with one attached hydrogen (secondary N) is 1. The fraction of sp³-hybridized carbons (Fsp3) is 0.185. The number of methoxy groups -OCH3 is 2. The first kappa shape index (κ1) is 24.7. The number of benzene rings is 3. The first-order valence-electron chi connectivity index (χ1n) is 11.0. The molecule has 0 saturated heterocycles. The van der Waals surface area contributed by atoms with Crippen LogP contribution in [-0.4, -0.2) is 39.6 Å². The van der Waals surface area contributed by atoms with Gasteiger partial charge in [0, 0.05) is 35.1 Å². The molecule has 0 saturated carbocycles. The number of thioether (sulfide) groups is 1. The van der Waals surface area contributed by atoms with Crippen LogP contribution in [0.3, 0.4) is 0 Å². The zero-order valence-corrected chi connectivity index (χ0v) is 21.2. The molecular weight excluding hydrogens is 484 g/mol. The first-order chi connectivity index (χ1) is 16.9. The molecule has 1 aliphatic rings. The molecule has 1 heterocycles. The van der Waals surface area contributed by atoms with Crippen LogP contribution in [0.15, 0.2) is 70.5 Å². The summed E-state index contributed by atoms with van der Waals surface area (Å²) in [6, 6.07) is 18.4. The molecular formula is C27H25ClN2O4S. The van der Waals surface area contributed by atoms with Crippen molar-refractivity contribution in [2.24, 2.45) is 0 Å². The Hall–Kier alpha value is -3.42. The minimum Gasteiger partial charge on any atom is -0.497 e. The minimum absolute atomic E-state index is 0.147. The van der Waals surface area contributed by atoms with E-state index in [9.17, 15) is 9.59 Å². The largest absolute Gasteiger partial charge is 0.497 e. The summed E-state index contributed by atoms with van der Waals surface area (Å²) in [6.45, 7) is 0.437. The summed E-state index contributed by atoms with van der Waals surface area (Å²) in [5, 5.41) is 3.53. The summed E-state index contributed by atoms with van der Waals surface area (Å²) in [6.07, 6.45) is 2.40. The Morgan fingerprint density at radius 1 is 1.09 bits per heavy atom. The quantitative estimate of drug-likeness (QED) is 0.430. The number of ether oxygens (including phenoxy) is 2. The molecule has 1 N–H and O–H groups in total. The van der Waals surface area contributed by atoms with Crippen molar-refractivity contribution in [1.29, 1.82) is 0 Å². The molecule has 8 heteroatoms. The molecule has 0 aliphatic carbocycles. The predicted molar refractivity (Wildman–Crippen MR) is 141 cm³/mol. The maximum Gasteiger partial charge on any atom is 0.264 e. The normalized spacial score (nSPS) is 14.0. The Labute approximate surface area is 213 Å². The van der Waals surface area contributed by atoms with E-state index in [-0.39, 0.29) is 11.8 Å². The number of amides is 2. The summed E-state index contributed by atoms with van der Waals surface area (Å²) in [5.74, 6) is 1.07. The van der Waals surface area contributed by atoms with Crippen LogP contribution in [0.2, 0.25) is 5.02 Å². The third kappa shape index (κ3) is 5.47. The van der Waals surface area contributed by atoms with Gasteiger partial charge in [0.15, 0.2) is 0 Å². The van der Waals surface area contributed by atoms with Crippen molar-refractivity contribution >= 4 is 46.9 Å². The lowest BCUT2D eigenvalue weighted by atomic mass is 10.1. The molecule has 1 aliphatic heterocycles. The number of anilines is 1. The van der Waals surface area contributed by atoms with E-state index in [4.69, 9.17) is 21.1 Å². The minimum atomic E-state index is -0.205. The monoisotopic (exact) mass is 508 g/mol. The van der Waals surface area contributed by atoms with E-state index in [1.807, 2.05) is 42.5 Å². The van der Waals surface area contributed by atoms with E-state index in [2.05, 4.69) is 5.32 Å². The van der Waals surface area contributed by atoms with Crippen molar-refractivity contribution in [3.8, 4) is 11.5 Å². The van der Waals surface area contributed by atoms with Crippen molar-refractivity contribution < 1.29 is 19.1 Å². The average molecular weight is 509 g/mol. The number of hydrogen-bond acceptors (Lipinski definition) is 5. The van der Waals surface area contributed by atoms with Gasteiger partial charge in [-0.1, -0.05) is 47.6 Å². The number of carbonyl (C=O) groups is 2. The van der Waals surface area contributed by atoms with Gasteiger partial charge >= 0.3 is 0 Å². The van der Waals surface area contributed by atoms with Gasteiger partial charge in [0.1, 0.15) is 11.5 Å². The first-order valence-corrected chi connectivity index (χ1v) is 12.2. The van der Waals surface area contributed by atoms with E-state index < -0.39 is 0 Å². The molecule has 180 valence electrons. The lowest BCUT2D eigenvalue weighted by Gasteiger charge is -2.27. The van der Waals surface area contributed by atoms with E-state index >= 15 is 0 Å². The average Bonchev–Trinajstić information content (AvgIpc) is 2.88. The summed E-state index contributed by atoms with van der Waals surface area (Å²) >= 11 is 7.63. The van der Waals surface area contributed by atoms with Crippen molar-refractivity contribution in [3.05, 3.63) is 87.3 Å². The van der Waals surface area contributed by atoms with E-state index in [0.717, 1.165) is 16.0 Å². The molecule has 0 aromatic heterocycles. The number of rotatable bonds is 7. The number of fused-ring (bicyclic) bond motifs is 1. The zero-order chi connectivity index (χ0) is 24.9. The summed E-state index contributed by atoms with van der Waals surface area (Å²) in [4.78, 5) is 28.8. The molecule has 0 spiro atoms. The third-order valence-corrected chi connectivity index (χ3v) is 7.11. The Kier molecular flexibility index (Phi) is 7.68. The van der Waals surface area contributed by atoms with Crippen LogP contribution in [0.5, 0.6) is 11.5 Å². The highest BCUT2D eigenvalue weighted by Crippen LogP contribution is 2.42. The molecule has 0 unspecified atom stereocenters. The molecule has 2 amide bonds. The molecule has 35 heavy (non-hydrogen) atoms. The maximum absolute atomic E-state index is 13.0. The van der Waals surface area contributed by atoms with Crippen LogP contribution in [0.4, 0.5) is 5.69 Å². The summed E-state index contributed by atoms with van der Waals surface area (Å²) in [7, 11) is 4.92. The van der Waals surface area contributed by atoms with Gasteiger partial charge in [-0.3, -0.25) is 9.59 Å². The van der Waals surface area contributed by atoms with E-state index in [1.165, 1.54) is 11.8 Å². The topological polar surface area (TPSA) is 67.9 Å². The number of nitrogens with zero attached hydrogens (tertiary/aromatic N) is 1. The van der Waals surface area contributed by atoms with Crippen LogP contribution < -0.4 is 19.7 Å². The molecule has 0 atom stereocenters. The second-order valence-corrected chi connectivity index (χ2v) is 9.35. The Bertz CT molecular complexity index is 1310. The van der Waals surface area contributed by atoms with Gasteiger partial charge in [-0.2, -0.15) is 0 Å². The zero-order valence-electron chi connectivity index (χ0n) is 19.6. The third-order valence-electron chi connectivity index (χ3n) is 5.68. The molecule has 0 bridgehead atoms. The lowest BCUT2D eigenvalue weighted by molar-refractivity contribution is -0.114. The second kappa shape index (κ2) is 10.9. The number of halogens is 1. The highest BCUT2D eigenvalue weighted by molar-refractivity contribution is 8.04. The van der Waals surface area contributed by atoms with Gasteiger partial charge in [-0.25, -0.2) is 0 Å². The smallest absolute Gasteiger partial charge is 0.264 e. The summed E-state index contributed by atoms with van der Waals surface area (Å²) in [5.41, 5.74) is 2.94. The van der Waals surface area contributed by atoms with Crippen LogP contribution in [0, 0.1) is 0 Å². The van der Waals surface area contributed by atoms with Gasteiger partial charge in [-0.05, 0) is 54.0 Å². The molecule has 3 aromatic rings. The summed E-state index contributed by atoms with van der Waals surface area (Å²) < 4.78 is 10.6. The standard InChI is InChI=1S/C27H25ClN2O4S/c1-30-22-14-19(26(31)29-13-12-17-8-10-20(33-2)16-23(17)34-3)9-11-24(22)35-25(27(30)32)15-18-6-4-5-7-21(18)28/h4-11,14-16H,12-13H2,1-3H3,(H,29,31)/b25-15+. The van der Waals surface area contributed by atoms with Crippen LogP contribution in [-0.2, 0) is 11.2 Å². The molecule has 3 aromatic carbocycles. The van der Waals surface area contributed by atoms with Gasteiger partial charge in [0.05, 0.1) is 24.8 Å². The van der Waals surface area contributed by atoms with Crippen molar-refractivity contribution in [1.82, 2.24) is 5.32 Å². The van der Waals surface area contributed by atoms with Gasteiger partial charge in [-0.15, -0.1) is 0 Å². The fourth-order valence-electron chi connectivity index (χ4n) is 3.74. The number of likely N-dealkylation sites (N-methyl/N-ethyl adjacent to an activating group) is 1. The number of hydrogen-bond donors (Lipinski definition) is 1. The van der Waals surface area contributed by atoms with E-state index in [1.54, 1.807) is 50.4 Å². The number of carbonyl (C=O) groups excluding carboxylic acids is 2. The second-order valence-electron chi connectivity index (χ2n) is 7.86. The van der Waals surface area contributed by atoms with Crippen molar-refractivity contribution in [3.63, 3.8) is 0 Å². The molecule has 6 nitrogen and oxygen atoms in total. The van der Waals surface area contributed by atoms with Crippen LogP contribution in [0.1, 0.15) is 21.5 Å². The van der Waals surface area contributed by atoms with Gasteiger partial charge in [0.25, 0.3) is 11.8 Å². The van der Waals surface area contributed by atoms with Crippen LogP contribution in [0.25, 0.3) is 6.08 Å². The van der Waals surface area contributed by atoms with Crippen molar-refractivity contribution in [2.45, 2.75) is 11.3 Å². The Morgan fingerprint density at radius 2 is 1.89 bits per heavy atom. The SMILES string of the molecule is COc1ccc(CCNC(=O)c2ccc3c(c2)N(C)C(=O)/C(=C\c2ccccc2Cl)S3)c(OC)c1. The van der Waals surface area contributed by atoms with Crippen molar-refractivity contribution in [2.75, 3.05) is 32.7 Å². The Morgan fingerprint density at radius 3 is 2.63 bits per heavy atom. The maximum atomic E-state index is 13.0. The van der Waals surface area contributed by atoms with Crippen LogP contribution >= 0.6 is 23.4 Å². The fourth-order valence-corrected chi connectivity index (χ4v) is 5.01. The van der Waals surface area contributed by atoms with E-state index in [0.29, 0.717) is 45.6 Å². The van der Waals surface area contributed by atoms with Gasteiger partial charge in [0.2, 0.25) is 0 Å². The molecule has 4 rings (SSSR count). The van der Waals surface area contributed by atoms with Gasteiger partial charge < -0.3 is 19.7 Å². The highest BCUT2D eigenvalue weighted by Gasteiger charge is 2.27. The molecule has 0 radical (unpaired) electrons. The Balaban J connectivity index is 1.46. The predicted octanol–water partition coefficient (Wildman–Crippen LogP) is 5.44. The molecule has 0 fully saturated rings.